The Morgan fingerprint density at radius 3 is 2.84 bits per heavy atom. The van der Waals surface area contributed by atoms with Crippen molar-refractivity contribution in [3.63, 3.8) is 0 Å². The average molecular weight is 261 g/mol. The Hall–Kier alpha value is -2.44. The van der Waals surface area contributed by atoms with Gasteiger partial charge in [0.1, 0.15) is 0 Å². The Balaban J connectivity index is 2.06. The van der Waals surface area contributed by atoms with Gasteiger partial charge in [-0.15, -0.1) is 0 Å². The van der Waals surface area contributed by atoms with Crippen molar-refractivity contribution in [1.29, 1.82) is 0 Å². The van der Waals surface area contributed by atoms with Gasteiger partial charge in [0.25, 0.3) is 5.69 Å². The summed E-state index contributed by atoms with van der Waals surface area (Å²) in [5.74, 6) is -1.30. The number of carboxylic acid groups (broad SMARTS) is 1. The smallest absolute Gasteiger partial charge is 0.308 e. The normalized spacial score (nSPS) is 22.1. The minimum Gasteiger partial charge on any atom is -0.481 e. The summed E-state index contributed by atoms with van der Waals surface area (Å²) in [6, 6.07) is 4.28. The van der Waals surface area contributed by atoms with Crippen LogP contribution in [0.5, 0.6) is 0 Å². The number of nitrogens with zero attached hydrogens (tertiary/aromatic N) is 3. The molecule has 2 atom stereocenters. The molecular weight excluding hydrogens is 250 g/mol. The second-order valence-corrected chi connectivity index (χ2v) is 4.68. The summed E-state index contributed by atoms with van der Waals surface area (Å²) in [6.45, 7) is 0. The van der Waals surface area contributed by atoms with E-state index < -0.39 is 16.8 Å². The van der Waals surface area contributed by atoms with Crippen LogP contribution >= 0.6 is 0 Å². The van der Waals surface area contributed by atoms with Gasteiger partial charge in [0.05, 0.1) is 28.6 Å². The first kappa shape index (κ1) is 11.6. The predicted molar refractivity (Wildman–Crippen MR) is 65.8 cm³/mol. The van der Waals surface area contributed by atoms with Crippen molar-refractivity contribution in [3.05, 3.63) is 34.5 Å². The third-order valence-corrected chi connectivity index (χ3v) is 3.66. The van der Waals surface area contributed by atoms with E-state index >= 15 is 0 Å². The average Bonchev–Trinajstić information content (AvgIpc) is 2.70. The number of benzene rings is 1. The van der Waals surface area contributed by atoms with E-state index in [9.17, 15) is 14.9 Å². The van der Waals surface area contributed by atoms with E-state index in [1.165, 1.54) is 12.1 Å². The van der Waals surface area contributed by atoms with Gasteiger partial charge in [-0.1, -0.05) is 0 Å². The molecule has 1 heterocycles. The van der Waals surface area contributed by atoms with Crippen molar-refractivity contribution in [2.24, 2.45) is 5.92 Å². The number of aliphatic carboxylic acids is 1. The van der Waals surface area contributed by atoms with Crippen LogP contribution in [0.1, 0.15) is 18.9 Å². The number of carbonyl (C=O) groups is 1. The molecule has 1 aliphatic carbocycles. The summed E-state index contributed by atoms with van der Waals surface area (Å²) in [6.07, 6.45) is 2.96. The molecule has 0 aliphatic heterocycles. The van der Waals surface area contributed by atoms with Gasteiger partial charge in [-0.2, -0.15) is 5.10 Å². The Morgan fingerprint density at radius 2 is 2.26 bits per heavy atom. The maximum absolute atomic E-state index is 11.0. The van der Waals surface area contributed by atoms with E-state index in [1.54, 1.807) is 16.9 Å². The second kappa shape index (κ2) is 4.04. The molecule has 0 bridgehead atoms. The molecule has 1 N–H and O–H groups in total. The minimum atomic E-state index is -0.842. The number of nitro groups is 1. The molecule has 1 fully saturated rings. The van der Waals surface area contributed by atoms with E-state index in [2.05, 4.69) is 5.10 Å². The Labute approximate surface area is 107 Å². The lowest BCUT2D eigenvalue weighted by Crippen LogP contribution is -2.35. The number of nitro benzene ring substituents is 1. The third kappa shape index (κ3) is 1.74. The molecule has 0 spiro atoms. The van der Waals surface area contributed by atoms with Crippen LogP contribution in [0.15, 0.2) is 24.4 Å². The number of aromatic nitrogens is 2. The van der Waals surface area contributed by atoms with E-state index in [0.29, 0.717) is 11.9 Å². The molecule has 3 rings (SSSR count). The largest absolute Gasteiger partial charge is 0.481 e. The molecule has 0 saturated heterocycles. The molecular formula is C12H11N3O4. The molecule has 1 aliphatic rings. The van der Waals surface area contributed by atoms with Crippen LogP contribution in [0, 0.1) is 16.0 Å². The fourth-order valence-corrected chi connectivity index (χ4v) is 2.47. The van der Waals surface area contributed by atoms with Crippen LogP contribution in [0.2, 0.25) is 0 Å². The number of hydrogen-bond acceptors (Lipinski definition) is 4. The number of fused-ring (bicyclic) bond motifs is 1. The van der Waals surface area contributed by atoms with Gasteiger partial charge in [0.2, 0.25) is 0 Å². The summed E-state index contributed by atoms with van der Waals surface area (Å²) in [5.41, 5.74) is 0.602. The molecule has 2 unspecified atom stereocenters. The highest BCUT2D eigenvalue weighted by Crippen LogP contribution is 2.40. The maximum Gasteiger partial charge on any atom is 0.308 e. The molecule has 2 aromatic rings. The van der Waals surface area contributed by atoms with Crippen LogP contribution < -0.4 is 0 Å². The highest BCUT2D eigenvalue weighted by Gasteiger charge is 2.39. The molecule has 98 valence electrons. The van der Waals surface area contributed by atoms with Gasteiger partial charge >= 0.3 is 5.97 Å². The summed E-state index contributed by atoms with van der Waals surface area (Å²) in [7, 11) is 0. The SMILES string of the molecule is O=C(O)C1CCC1n1ncc2ccc([N+](=O)[O-])cc21. The van der Waals surface area contributed by atoms with Crippen molar-refractivity contribution < 1.29 is 14.8 Å². The van der Waals surface area contributed by atoms with Crippen LogP contribution in [-0.2, 0) is 4.79 Å². The maximum atomic E-state index is 11.0. The van der Waals surface area contributed by atoms with Gasteiger partial charge < -0.3 is 5.11 Å². The third-order valence-electron chi connectivity index (χ3n) is 3.66. The van der Waals surface area contributed by atoms with Gasteiger partial charge in [0.15, 0.2) is 0 Å². The number of non-ortho nitro benzene ring substituents is 1. The molecule has 1 aromatic heterocycles. The van der Waals surface area contributed by atoms with Gasteiger partial charge in [-0.25, -0.2) is 0 Å². The summed E-state index contributed by atoms with van der Waals surface area (Å²) in [4.78, 5) is 21.4. The fraction of sp³-hybridized carbons (Fsp3) is 0.333. The summed E-state index contributed by atoms with van der Waals surface area (Å²) in [5, 5.41) is 24.8. The van der Waals surface area contributed by atoms with Crippen LogP contribution in [0.3, 0.4) is 0 Å². The van der Waals surface area contributed by atoms with Gasteiger partial charge in [0, 0.05) is 17.5 Å². The molecule has 0 radical (unpaired) electrons. The number of hydrogen-bond donors (Lipinski definition) is 1. The molecule has 0 amide bonds. The monoisotopic (exact) mass is 261 g/mol. The molecule has 7 heteroatoms. The van der Waals surface area contributed by atoms with E-state index in [1.807, 2.05) is 0 Å². The zero-order chi connectivity index (χ0) is 13.6. The summed E-state index contributed by atoms with van der Waals surface area (Å²) < 4.78 is 1.60. The Kier molecular flexibility index (Phi) is 2.48. The van der Waals surface area contributed by atoms with Crippen molar-refractivity contribution in [2.45, 2.75) is 18.9 Å². The Bertz CT molecular complexity index is 679. The topological polar surface area (TPSA) is 98.3 Å². The van der Waals surface area contributed by atoms with E-state index in [-0.39, 0.29) is 11.7 Å². The van der Waals surface area contributed by atoms with Gasteiger partial charge in [-0.05, 0) is 18.9 Å². The standard InChI is InChI=1S/C12H11N3O4/c16-12(17)9-3-4-10(9)14-11-5-8(15(18)19)2-1-7(11)6-13-14/h1-2,5-6,9-10H,3-4H2,(H,16,17). The number of rotatable bonds is 3. The lowest BCUT2D eigenvalue weighted by molar-refractivity contribution is -0.384. The zero-order valence-corrected chi connectivity index (χ0v) is 9.89. The molecule has 1 aromatic carbocycles. The van der Waals surface area contributed by atoms with Gasteiger partial charge in [-0.3, -0.25) is 19.6 Å². The molecule has 7 nitrogen and oxygen atoms in total. The second-order valence-electron chi connectivity index (χ2n) is 4.68. The van der Waals surface area contributed by atoms with E-state index in [4.69, 9.17) is 5.11 Å². The highest BCUT2D eigenvalue weighted by molar-refractivity contribution is 5.81. The Morgan fingerprint density at radius 1 is 1.47 bits per heavy atom. The van der Waals surface area contributed by atoms with Crippen molar-refractivity contribution in [3.8, 4) is 0 Å². The first-order valence-corrected chi connectivity index (χ1v) is 5.92. The number of carboxylic acids is 1. The van der Waals surface area contributed by atoms with Crippen molar-refractivity contribution in [2.75, 3.05) is 0 Å². The highest BCUT2D eigenvalue weighted by atomic mass is 16.6. The van der Waals surface area contributed by atoms with Crippen molar-refractivity contribution in [1.82, 2.24) is 9.78 Å². The van der Waals surface area contributed by atoms with Crippen molar-refractivity contribution >= 4 is 22.6 Å². The van der Waals surface area contributed by atoms with Crippen LogP contribution in [0.4, 0.5) is 5.69 Å². The predicted octanol–water partition coefficient (Wildman–Crippen LogP) is 1.98. The lowest BCUT2D eigenvalue weighted by atomic mass is 9.79. The minimum absolute atomic E-state index is 0.0135. The van der Waals surface area contributed by atoms with Crippen LogP contribution in [0.25, 0.3) is 10.9 Å². The quantitative estimate of drug-likeness (QED) is 0.672. The fourth-order valence-electron chi connectivity index (χ4n) is 2.47. The first-order valence-electron chi connectivity index (χ1n) is 5.92. The molecule has 19 heavy (non-hydrogen) atoms. The van der Waals surface area contributed by atoms with Crippen LogP contribution in [-0.4, -0.2) is 25.8 Å². The summed E-state index contributed by atoms with van der Waals surface area (Å²) >= 11 is 0. The zero-order valence-electron chi connectivity index (χ0n) is 9.89. The first-order chi connectivity index (χ1) is 9.08. The lowest BCUT2D eigenvalue weighted by Gasteiger charge is -2.33. The molecule has 1 saturated carbocycles. The van der Waals surface area contributed by atoms with E-state index in [0.717, 1.165) is 11.8 Å².